The van der Waals surface area contributed by atoms with Crippen molar-refractivity contribution in [2.75, 3.05) is 0 Å². The van der Waals surface area contributed by atoms with Gasteiger partial charge in [0.15, 0.2) is 5.58 Å². The van der Waals surface area contributed by atoms with Gasteiger partial charge in [-0.1, -0.05) is 97.1 Å². The van der Waals surface area contributed by atoms with Crippen LogP contribution < -0.4 is 21.4 Å². The lowest BCUT2D eigenvalue weighted by atomic mass is 9.85. The molecule has 0 amide bonds. The summed E-state index contributed by atoms with van der Waals surface area (Å²) in [6.07, 6.45) is 12.7. The Morgan fingerprint density at radius 1 is 0.591 bits per heavy atom. The molecule has 4 heterocycles. The molecule has 4 aromatic carbocycles. The molecule has 5 nitrogen and oxygen atoms in total. The molecule has 2 atom stereocenters. The van der Waals surface area contributed by atoms with Crippen LogP contribution in [0.1, 0.15) is 22.3 Å². The van der Waals surface area contributed by atoms with Crippen molar-refractivity contribution in [1.82, 2.24) is 9.97 Å². The highest BCUT2D eigenvalue weighted by Crippen LogP contribution is 2.39. The number of hydrogen-bond donors (Lipinski definition) is 4. The van der Waals surface area contributed by atoms with Crippen molar-refractivity contribution < 1.29 is 4.42 Å². The fourth-order valence-corrected chi connectivity index (χ4v) is 8.57. The summed E-state index contributed by atoms with van der Waals surface area (Å²) < 4.78 is 8.82. The predicted octanol–water partition coefficient (Wildman–Crippen LogP) is 7.09. The molecule has 44 heavy (non-hydrogen) atoms. The zero-order valence-corrected chi connectivity index (χ0v) is 24.3. The van der Waals surface area contributed by atoms with Crippen LogP contribution in [-0.4, -0.2) is 9.97 Å². The van der Waals surface area contributed by atoms with Crippen molar-refractivity contribution in [3.05, 3.63) is 129 Å². The second kappa shape index (κ2) is 8.27. The maximum Gasteiger partial charge on any atom is 0.154 e. The lowest BCUT2D eigenvalue weighted by molar-refractivity contribution is 0.566. The number of H-pyrrole nitrogens is 2. The van der Waals surface area contributed by atoms with E-state index in [-0.39, 0.29) is 0 Å². The van der Waals surface area contributed by atoms with Crippen molar-refractivity contribution in [2.45, 2.75) is 11.1 Å². The number of aromatic nitrogens is 2. The van der Waals surface area contributed by atoms with Gasteiger partial charge in [-0.2, -0.15) is 0 Å². The first kappa shape index (κ1) is 24.3. The summed E-state index contributed by atoms with van der Waals surface area (Å²) in [5, 5.41) is 4.74. The smallest absolute Gasteiger partial charge is 0.154 e. The van der Waals surface area contributed by atoms with E-state index in [4.69, 9.17) is 15.9 Å². The van der Waals surface area contributed by atoms with Gasteiger partial charge in [-0.3, -0.25) is 0 Å². The number of benzene rings is 4. The molecule has 6 heteroatoms. The fourth-order valence-electron chi connectivity index (χ4n) is 7.31. The molecule has 4 aromatic heterocycles. The van der Waals surface area contributed by atoms with Gasteiger partial charge in [0, 0.05) is 59.4 Å². The highest BCUT2D eigenvalue weighted by atomic mass is 32.1. The van der Waals surface area contributed by atoms with Gasteiger partial charge in [-0.25, -0.2) is 0 Å². The van der Waals surface area contributed by atoms with Gasteiger partial charge in [0.1, 0.15) is 5.42 Å². The van der Waals surface area contributed by atoms with E-state index < -0.39 is 11.1 Å². The first-order chi connectivity index (χ1) is 21.5. The van der Waals surface area contributed by atoms with Gasteiger partial charge in [0.2, 0.25) is 0 Å². The number of fused-ring (bicyclic) bond motifs is 11. The quantitative estimate of drug-likeness (QED) is 0.174. The third kappa shape index (κ3) is 3.14. The molecule has 0 spiro atoms. The number of furan rings is 1. The predicted molar refractivity (Wildman–Crippen MR) is 184 cm³/mol. The van der Waals surface area contributed by atoms with Gasteiger partial charge in [0.25, 0.3) is 0 Å². The molecule has 10 rings (SSSR count). The van der Waals surface area contributed by atoms with Crippen LogP contribution in [0.25, 0.3) is 78.2 Å². The first-order valence-electron chi connectivity index (χ1n) is 14.8. The van der Waals surface area contributed by atoms with E-state index in [9.17, 15) is 0 Å². The SMILES string of the molecule is NC1(c2cccc3c2[nH]c2ccccc23)C=Cc2c(oc3c4c(sc23)=CC(N)(c2cccc3c2[nH]c2ccccc23)C=C4)=C1. The van der Waals surface area contributed by atoms with Crippen molar-refractivity contribution in [3.8, 4) is 0 Å². The average Bonchev–Trinajstić information content (AvgIpc) is 3.79. The number of para-hydroxylation sites is 4. The van der Waals surface area contributed by atoms with E-state index in [0.29, 0.717) is 0 Å². The number of nitrogens with one attached hydrogen (secondary N) is 2. The monoisotopic (exact) mass is 586 g/mol. The molecule has 2 aliphatic carbocycles. The Balaban J connectivity index is 1.12. The van der Waals surface area contributed by atoms with Gasteiger partial charge in [-0.15, -0.1) is 11.3 Å². The average molecular weight is 587 g/mol. The van der Waals surface area contributed by atoms with Crippen LogP contribution in [0.4, 0.5) is 0 Å². The standard InChI is InChI=1S/C38H26N4OS/c39-37(27-11-5-9-23-21-7-1-3-13-29(21)41-33(23)27)17-15-25-31(19-37)43-35-26-16-18-38(40,20-32(26)44-36(25)35)28-12-6-10-24-22-8-2-4-14-30(22)42-34(24)28/h1-20,41-42H,39-40H2. The second-order valence-corrected chi connectivity index (χ2v) is 13.1. The molecule has 0 bridgehead atoms. The number of nitrogens with two attached hydrogens (primary N) is 2. The number of aromatic amines is 2. The Morgan fingerprint density at radius 2 is 1.14 bits per heavy atom. The Hall–Kier alpha value is -5.14. The molecule has 2 unspecified atom stereocenters. The van der Waals surface area contributed by atoms with E-state index in [1.165, 1.54) is 21.5 Å². The lowest BCUT2D eigenvalue weighted by Gasteiger charge is -2.25. The summed E-state index contributed by atoms with van der Waals surface area (Å²) in [6, 6.07) is 29.4. The number of thiophene rings is 1. The fraction of sp³-hybridized carbons (Fsp3) is 0.0526. The van der Waals surface area contributed by atoms with E-state index >= 15 is 0 Å². The Morgan fingerprint density at radius 3 is 1.77 bits per heavy atom. The van der Waals surface area contributed by atoms with Crippen LogP contribution >= 0.6 is 11.3 Å². The minimum absolute atomic E-state index is 0.762. The topological polar surface area (TPSA) is 96.8 Å². The van der Waals surface area contributed by atoms with Crippen LogP contribution in [0.2, 0.25) is 0 Å². The highest BCUT2D eigenvalue weighted by molar-refractivity contribution is 7.17. The van der Waals surface area contributed by atoms with E-state index in [1.54, 1.807) is 11.3 Å². The number of rotatable bonds is 2. The summed E-state index contributed by atoms with van der Waals surface area (Å²) in [7, 11) is 0. The van der Waals surface area contributed by atoms with Gasteiger partial charge in [0.05, 0.1) is 26.8 Å². The van der Waals surface area contributed by atoms with Crippen LogP contribution in [-0.2, 0) is 11.1 Å². The molecule has 0 saturated carbocycles. The van der Waals surface area contributed by atoms with Gasteiger partial charge >= 0.3 is 0 Å². The molecule has 6 N–H and O–H groups in total. The zero-order chi connectivity index (χ0) is 29.2. The normalized spacial score (nSPS) is 20.9. The minimum atomic E-state index is -0.819. The van der Waals surface area contributed by atoms with Crippen LogP contribution in [0.5, 0.6) is 0 Å². The summed E-state index contributed by atoms with van der Waals surface area (Å²) in [6.45, 7) is 0. The molecule has 8 aromatic rings. The van der Waals surface area contributed by atoms with Crippen LogP contribution in [0.3, 0.4) is 0 Å². The van der Waals surface area contributed by atoms with E-state index in [1.807, 2.05) is 6.07 Å². The summed E-state index contributed by atoms with van der Waals surface area (Å²) in [4.78, 5) is 7.22. The molecule has 2 aliphatic rings. The molecule has 0 radical (unpaired) electrons. The third-order valence-corrected chi connectivity index (χ3v) is 10.6. The lowest BCUT2D eigenvalue weighted by Crippen LogP contribution is -2.36. The van der Waals surface area contributed by atoms with Gasteiger partial charge in [-0.05, 0) is 24.3 Å². The molecular formula is C38H26N4OS. The Labute approximate surface area is 255 Å². The third-order valence-electron chi connectivity index (χ3n) is 9.46. The highest BCUT2D eigenvalue weighted by Gasteiger charge is 2.32. The second-order valence-electron chi connectivity index (χ2n) is 12.0. The van der Waals surface area contributed by atoms with Crippen LogP contribution in [0, 0.1) is 0 Å². The minimum Gasteiger partial charge on any atom is -0.455 e. The largest absolute Gasteiger partial charge is 0.455 e. The van der Waals surface area contributed by atoms with Crippen molar-refractivity contribution in [2.24, 2.45) is 11.5 Å². The maximum absolute atomic E-state index is 7.16. The molecule has 0 aliphatic heterocycles. The maximum atomic E-state index is 7.16. The van der Waals surface area contributed by atoms with Crippen molar-refractivity contribution >= 4 is 89.5 Å². The van der Waals surface area contributed by atoms with E-state index in [0.717, 1.165) is 64.6 Å². The Bertz CT molecular complexity index is 2530. The van der Waals surface area contributed by atoms with Crippen LogP contribution in [0.15, 0.2) is 101 Å². The summed E-state index contributed by atoms with van der Waals surface area (Å²) in [5.74, 6) is 0. The van der Waals surface area contributed by atoms with Crippen molar-refractivity contribution in [1.29, 1.82) is 0 Å². The van der Waals surface area contributed by atoms with E-state index in [2.05, 4.69) is 125 Å². The zero-order valence-electron chi connectivity index (χ0n) is 23.5. The number of hydrogen-bond acceptors (Lipinski definition) is 4. The van der Waals surface area contributed by atoms with Crippen molar-refractivity contribution in [3.63, 3.8) is 0 Å². The van der Waals surface area contributed by atoms with Gasteiger partial charge < -0.3 is 25.9 Å². The molecule has 0 saturated heterocycles. The Kier molecular flexibility index (Phi) is 4.57. The first-order valence-corrected chi connectivity index (χ1v) is 15.6. The molecular weight excluding hydrogens is 561 g/mol. The molecule has 0 fully saturated rings. The summed E-state index contributed by atoms with van der Waals surface area (Å²) >= 11 is 1.72. The summed E-state index contributed by atoms with van der Waals surface area (Å²) in [5.41, 5.74) is 22.9. The molecule has 210 valence electrons.